The van der Waals surface area contributed by atoms with Gasteiger partial charge in [0.1, 0.15) is 0 Å². The minimum absolute atomic E-state index is 0.437. The number of likely N-dealkylation sites (N-methyl/N-ethyl adjacent to an activating group) is 1. The Hall–Kier alpha value is -0.0800. The van der Waals surface area contributed by atoms with Gasteiger partial charge in [0.2, 0.25) is 0 Å². The molecule has 66 valence electrons. The number of nitrogens with zero attached hydrogens (tertiary/aromatic N) is 1. The molecule has 2 unspecified atom stereocenters. The zero-order chi connectivity index (χ0) is 8.27. The van der Waals surface area contributed by atoms with Gasteiger partial charge in [-0.3, -0.25) is 0 Å². The van der Waals surface area contributed by atoms with Crippen molar-refractivity contribution in [3.63, 3.8) is 0 Å². The summed E-state index contributed by atoms with van der Waals surface area (Å²) in [6.07, 6.45) is 5.08. The van der Waals surface area contributed by atoms with E-state index in [4.69, 9.17) is 5.73 Å². The SMILES string of the molecule is CCCN(C)C1CCCC1N. The monoisotopic (exact) mass is 156 g/mol. The third-order valence-electron chi connectivity index (χ3n) is 2.67. The largest absolute Gasteiger partial charge is 0.326 e. The van der Waals surface area contributed by atoms with Gasteiger partial charge >= 0.3 is 0 Å². The van der Waals surface area contributed by atoms with Crippen molar-refractivity contribution in [3.8, 4) is 0 Å². The van der Waals surface area contributed by atoms with Crippen LogP contribution in [0.2, 0.25) is 0 Å². The van der Waals surface area contributed by atoms with Gasteiger partial charge in [-0.25, -0.2) is 0 Å². The molecule has 1 aliphatic rings. The Morgan fingerprint density at radius 2 is 2.18 bits per heavy atom. The minimum atomic E-state index is 0.437. The lowest BCUT2D eigenvalue weighted by atomic mass is 10.1. The lowest BCUT2D eigenvalue weighted by molar-refractivity contribution is 0.229. The second kappa shape index (κ2) is 4.07. The summed E-state index contributed by atoms with van der Waals surface area (Å²) in [4.78, 5) is 2.41. The first-order valence-corrected chi connectivity index (χ1v) is 4.71. The minimum Gasteiger partial charge on any atom is -0.326 e. The summed E-state index contributed by atoms with van der Waals surface area (Å²) >= 11 is 0. The highest BCUT2D eigenvalue weighted by atomic mass is 15.1. The Morgan fingerprint density at radius 3 is 2.64 bits per heavy atom. The highest BCUT2D eigenvalue weighted by Gasteiger charge is 2.26. The van der Waals surface area contributed by atoms with E-state index >= 15 is 0 Å². The third kappa shape index (κ3) is 2.17. The van der Waals surface area contributed by atoms with Crippen molar-refractivity contribution in [2.24, 2.45) is 5.73 Å². The molecule has 0 amide bonds. The Morgan fingerprint density at radius 1 is 1.45 bits per heavy atom. The van der Waals surface area contributed by atoms with Crippen LogP contribution in [0.5, 0.6) is 0 Å². The van der Waals surface area contributed by atoms with Gasteiger partial charge in [0.25, 0.3) is 0 Å². The molecule has 2 atom stereocenters. The van der Waals surface area contributed by atoms with Crippen LogP contribution in [-0.2, 0) is 0 Å². The molecule has 1 rings (SSSR count). The molecule has 0 radical (unpaired) electrons. The van der Waals surface area contributed by atoms with Crippen LogP contribution in [0.3, 0.4) is 0 Å². The molecule has 0 bridgehead atoms. The van der Waals surface area contributed by atoms with Crippen LogP contribution in [0, 0.1) is 0 Å². The molecular weight excluding hydrogens is 136 g/mol. The van der Waals surface area contributed by atoms with Crippen molar-refractivity contribution in [1.29, 1.82) is 0 Å². The normalized spacial score (nSPS) is 31.6. The first kappa shape index (κ1) is 9.01. The second-order valence-corrected chi connectivity index (χ2v) is 3.64. The smallest absolute Gasteiger partial charge is 0.0244 e. The van der Waals surface area contributed by atoms with Crippen LogP contribution in [0.15, 0.2) is 0 Å². The van der Waals surface area contributed by atoms with E-state index in [2.05, 4.69) is 18.9 Å². The van der Waals surface area contributed by atoms with Crippen molar-refractivity contribution in [2.45, 2.75) is 44.7 Å². The molecule has 0 aromatic carbocycles. The number of rotatable bonds is 3. The van der Waals surface area contributed by atoms with Gasteiger partial charge in [-0.05, 0) is 32.9 Å². The molecule has 11 heavy (non-hydrogen) atoms. The molecule has 0 aromatic rings. The van der Waals surface area contributed by atoms with Crippen molar-refractivity contribution >= 4 is 0 Å². The zero-order valence-corrected chi connectivity index (χ0v) is 7.71. The summed E-state index contributed by atoms with van der Waals surface area (Å²) in [5, 5.41) is 0. The quantitative estimate of drug-likeness (QED) is 0.665. The second-order valence-electron chi connectivity index (χ2n) is 3.64. The highest BCUT2D eigenvalue weighted by Crippen LogP contribution is 2.21. The molecule has 0 saturated heterocycles. The fraction of sp³-hybridized carbons (Fsp3) is 1.00. The van der Waals surface area contributed by atoms with Gasteiger partial charge in [0.05, 0.1) is 0 Å². The number of hydrogen-bond donors (Lipinski definition) is 1. The van der Waals surface area contributed by atoms with Gasteiger partial charge in [-0.1, -0.05) is 13.3 Å². The Balaban J connectivity index is 2.33. The van der Waals surface area contributed by atoms with Gasteiger partial charge < -0.3 is 10.6 Å². The van der Waals surface area contributed by atoms with Crippen LogP contribution in [0.1, 0.15) is 32.6 Å². The molecule has 0 heterocycles. The molecule has 1 saturated carbocycles. The van der Waals surface area contributed by atoms with Crippen molar-refractivity contribution in [3.05, 3.63) is 0 Å². The van der Waals surface area contributed by atoms with E-state index < -0.39 is 0 Å². The predicted octanol–water partition coefficient (Wildman–Crippen LogP) is 1.21. The first-order valence-electron chi connectivity index (χ1n) is 4.71. The lowest BCUT2D eigenvalue weighted by Gasteiger charge is -2.26. The number of hydrogen-bond acceptors (Lipinski definition) is 2. The van der Waals surface area contributed by atoms with E-state index in [-0.39, 0.29) is 0 Å². The van der Waals surface area contributed by atoms with Crippen molar-refractivity contribution < 1.29 is 0 Å². The van der Waals surface area contributed by atoms with E-state index in [9.17, 15) is 0 Å². The van der Waals surface area contributed by atoms with Gasteiger partial charge in [0.15, 0.2) is 0 Å². The maximum absolute atomic E-state index is 5.97. The molecule has 2 heteroatoms. The van der Waals surface area contributed by atoms with E-state index in [1.165, 1.54) is 32.2 Å². The molecule has 0 aromatic heterocycles. The molecule has 1 aliphatic carbocycles. The van der Waals surface area contributed by atoms with Crippen LogP contribution >= 0.6 is 0 Å². The summed E-state index contributed by atoms with van der Waals surface area (Å²) in [7, 11) is 2.19. The molecule has 0 spiro atoms. The number of nitrogens with two attached hydrogens (primary N) is 1. The summed E-state index contributed by atoms with van der Waals surface area (Å²) in [5.41, 5.74) is 5.97. The predicted molar refractivity (Wildman–Crippen MR) is 48.5 cm³/mol. The maximum atomic E-state index is 5.97. The van der Waals surface area contributed by atoms with Crippen LogP contribution in [0.4, 0.5) is 0 Å². The average molecular weight is 156 g/mol. The van der Waals surface area contributed by atoms with Gasteiger partial charge in [-0.2, -0.15) is 0 Å². The summed E-state index contributed by atoms with van der Waals surface area (Å²) < 4.78 is 0. The van der Waals surface area contributed by atoms with Crippen molar-refractivity contribution in [1.82, 2.24) is 4.90 Å². The van der Waals surface area contributed by atoms with E-state index in [0.717, 1.165) is 0 Å². The van der Waals surface area contributed by atoms with Crippen molar-refractivity contribution in [2.75, 3.05) is 13.6 Å². The van der Waals surface area contributed by atoms with Crippen LogP contribution in [-0.4, -0.2) is 30.6 Å². The summed E-state index contributed by atoms with van der Waals surface area (Å²) in [5.74, 6) is 0. The zero-order valence-electron chi connectivity index (χ0n) is 7.71. The average Bonchev–Trinajstić information content (AvgIpc) is 2.36. The van der Waals surface area contributed by atoms with E-state index in [1.807, 2.05) is 0 Å². The molecule has 2 nitrogen and oxygen atoms in total. The van der Waals surface area contributed by atoms with Gasteiger partial charge in [0, 0.05) is 12.1 Å². The molecule has 2 N–H and O–H groups in total. The Bertz CT molecular complexity index is 114. The highest BCUT2D eigenvalue weighted by molar-refractivity contribution is 4.86. The molecule has 0 aliphatic heterocycles. The molecule has 1 fully saturated rings. The fourth-order valence-electron chi connectivity index (χ4n) is 2.03. The Kier molecular flexibility index (Phi) is 3.34. The molecular formula is C9H20N2. The topological polar surface area (TPSA) is 29.3 Å². The Labute approximate surface area is 69.8 Å². The summed E-state index contributed by atoms with van der Waals surface area (Å²) in [6, 6.07) is 1.10. The third-order valence-corrected chi connectivity index (χ3v) is 2.67. The first-order chi connectivity index (χ1) is 5.25. The standard InChI is InChI=1S/C9H20N2/c1-3-7-11(2)9-6-4-5-8(9)10/h8-9H,3-7,10H2,1-2H3. The van der Waals surface area contributed by atoms with E-state index in [1.54, 1.807) is 0 Å². The van der Waals surface area contributed by atoms with E-state index in [0.29, 0.717) is 12.1 Å². The fourth-order valence-corrected chi connectivity index (χ4v) is 2.03. The van der Waals surface area contributed by atoms with Crippen LogP contribution < -0.4 is 5.73 Å². The van der Waals surface area contributed by atoms with Crippen LogP contribution in [0.25, 0.3) is 0 Å². The van der Waals surface area contributed by atoms with Gasteiger partial charge in [-0.15, -0.1) is 0 Å². The lowest BCUT2D eigenvalue weighted by Crippen LogP contribution is -2.42. The maximum Gasteiger partial charge on any atom is 0.0244 e. The summed E-state index contributed by atoms with van der Waals surface area (Å²) in [6.45, 7) is 3.41.